The van der Waals surface area contributed by atoms with Gasteiger partial charge in [-0.1, -0.05) is 80.5 Å². The molecule has 139 heavy (non-hydrogen) atoms. The number of rotatable bonds is 64. The number of amides is 4. The summed E-state index contributed by atoms with van der Waals surface area (Å²) in [6.45, 7) is 19.2. The van der Waals surface area contributed by atoms with Gasteiger partial charge in [-0.05, 0) is 37.5 Å². The summed E-state index contributed by atoms with van der Waals surface area (Å²) in [5.41, 5.74) is -6.20. The fourth-order valence-electron chi connectivity index (χ4n) is 14.7. The number of fused-ring (bicyclic) bond motifs is 3. The summed E-state index contributed by atoms with van der Waals surface area (Å²) in [6.07, 6.45) is -16.7. The molecule has 2 saturated heterocycles. The molecule has 0 saturated carbocycles. The van der Waals surface area contributed by atoms with Gasteiger partial charge in [-0.2, -0.15) is 0 Å². The number of Topliss-reactive ketones (excluding diaryl/α,β-unsaturated/α-hetero) is 1. The zero-order valence-electron chi connectivity index (χ0n) is 76.8. The predicted octanol–water partition coefficient (Wildman–Crippen LogP) is 3.98. The lowest BCUT2D eigenvalue weighted by Gasteiger charge is -2.42. The van der Waals surface area contributed by atoms with Crippen molar-refractivity contribution in [2.45, 2.75) is 138 Å². The van der Waals surface area contributed by atoms with Crippen molar-refractivity contribution < 1.29 is 192 Å². The Hall–Kier alpha value is -12.4. The molecule has 0 spiro atoms. The number of phenols is 2. The third kappa shape index (κ3) is 33.2. The van der Waals surface area contributed by atoms with Crippen LogP contribution in [-0.4, -0.2) is 362 Å². The number of imide groups is 1. The molecule has 4 heterocycles. The Kier molecular flexibility index (Phi) is 45.9. The highest BCUT2D eigenvalue weighted by molar-refractivity contribution is 6.31. The van der Waals surface area contributed by atoms with E-state index in [4.69, 9.17) is 109 Å². The van der Waals surface area contributed by atoms with Crippen molar-refractivity contribution in [1.29, 1.82) is 0 Å². The number of unbranched alkanes of at least 4 members (excludes halogenated alkanes) is 2. The van der Waals surface area contributed by atoms with Crippen LogP contribution in [0.1, 0.15) is 112 Å². The predicted molar refractivity (Wildman–Crippen MR) is 472 cm³/mol. The van der Waals surface area contributed by atoms with Gasteiger partial charge in [-0.25, -0.2) is 28.7 Å². The SMILES string of the molecule is C=CCOC(=O)O[C@@H]1[C@@H](OC(=O)OCC=C)[C@H](Oc2ccc(C(Cc3cn(CCOCCOCCOCCOCCOCCOCCOCCOCCOCCOCCNC(=O)CCCCCN4C(=O)C=CC4=O)nn3)OC(=O)N[C@H]3C[C@H](O[C@H]4C[C@](O)(C(=O)CO)Cc5c(O)c6c(c(O)c54)C(=O)c4c(OC)cccc4C6=O)O[C@@H](C)[C@H]3O)cc2[N+](=O)[O-])O[C@H](C(=O)OCC=C)[C@H]1OC(=O)OCC=C. The number of nitro groups is 1. The van der Waals surface area contributed by atoms with Crippen LogP contribution in [0.2, 0.25) is 0 Å². The average Bonchev–Trinajstić information content (AvgIpc) is 1.14. The zero-order chi connectivity index (χ0) is 100. The summed E-state index contributed by atoms with van der Waals surface area (Å²) in [5, 5.41) is 85.3. The summed E-state index contributed by atoms with van der Waals surface area (Å²) >= 11 is 0. The van der Waals surface area contributed by atoms with Crippen LogP contribution in [0.25, 0.3) is 0 Å². The lowest BCUT2D eigenvalue weighted by Crippen LogP contribution is -2.64. The Labute approximate surface area is 797 Å². The Morgan fingerprint density at radius 1 is 0.640 bits per heavy atom. The minimum Gasteiger partial charge on any atom is -0.507 e. The molecule has 12 atom stereocenters. The monoisotopic (exact) mass is 1960 g/mol. The summed E-state index contributed by atoms with van der Waals surface area (Å²) < 4.78 is 130. The van der Waals surface area contributed by atoms with Gasteiger partial charge in [0.15, 0.2) is 41.9 Å². The second kappa shape index (κ2) is 57.9. The normalized spacial score (nSPS) is 20.4. The number of benzene rings is 3. The molecule has 762 valence electrons. The fraction of sp³-hybridized carbons (Fsp3) is 0.549. The molecule has 48 heteroatoms. The number of phenolic OH excluding ortho intramolecular Hbond substituents is 2. The number of ketones is 3. The van der Waals surface area contributed by atoms with Crippen LogP contribution >= 0.6 is 0 Å². The topological polar surface area (TPSA) is 602 Å². The maximum atomic E-state index is 14.7. The van der Waals surface area contributed by atoms with E-state index in [1.54, 1.807) is 0 Å². The summed E-state index contributed by atoms with van der Waals surface area (Å²) in [6, 6.07) is 5.68. The molecule has 0 radical (unpaired) electrons. The highest BCUT2D eigenvalue weighted by Crippen LogP contribution is 2.53. The van der Waals surface area contributed by atoms with Gasteiger partial charge < -0.3 is 145 Å². The zero-order valence-corrected chi connectivity index (χ0v) is 76.8. The summed E-state index contributed by atoms with van der Waals surface area (Å²) in [5.74, 6) is -7.72. The van der Waals surface area contributed by atoms with E-state index < -0.39 is 224 Å². The number of aliphatic hydroxyl groups excluding tert-OH is 2. The van der Waals surface area contributed by atoms with E-state index in [1.807, 2.05) is 0 Å². The molecule has 1 aromatic heterocycles. The van der Waals surface area contributed by atoms with Gasteiger partial charge in [0.05, 0.1) is 191 Å². The first-order chi connectivity index (χ1) is 67.2. The first-order valence-electron chi connectivity index (χ1n) is 44.5. The Bertz CT molecular complexity index is 4840. The van der Waals surface area contributed by atoms with E-state index in [2.05, 4.69) is 47.3 Å². The molecular formula is C91H117N7O41. The third-order valence-electron chi connectivity index (χ3n) is 21.4. The number of carbonyl (C=O) groups excluding carboxylic acids is 11. The number of ether oxygens (including phenoxy) is 23. The number of aromatic nitrogens is 3. The van der Waals surface area contributed by atoms with Crippen molar-refractivity contribution in [1.82, 2.24) is 30.5 Å². The van der Waals surface area contributed by atoms with E-state index in [1.165, 1.54) is 60.2 Å². The number of hydrogen-bond donors (Lipinski definition) is 7. The molecule has 7 N–H and O–H groups in total. The van der Waals surface area contributed by atoms with Crippen molar-refractivity contribution >= 4 is 71.3 Å². The molecule has 1 unspecified atom stereocenters. The van der Waals surface area contributed by atoms with Crippen LogP contribution in [0.3, 0.4) is 0 Å². The minimum atomic E-state index is -2.57. The van der Waals surface area contributed by atoms with Gasteiger partial charge in [-0.15, -0.1) is 5.10 Å². The van der Waals surface area contributed by atoms with E-state index >= 15 is 0 Å². The average molecular weight is 1960 g/mol. The Morgan fingerprint density at radius 2 is 1.17 bits per heavy atom. The molecule has 3 aliphatic heterocycles. The molecule has 4 aromatic rings. The molecule has 2 fully saturated rings. The van der Waals surface area contributed by atoms with E-state index in [0.29, 0.717) is 131 Å². The van der Waals surface area contributed by atoms with Gasteiger partial charge in [-0.3, -0.25) is 43.8 Å². The van der Waals surface area contributed by atoms with Gasteiger partial charge in [0.25, 0.3) is 11.8 Å². The number of esters is 1. The first-order valence-corrected chi connectivity index (χ1v) is 44.5. The lowest BCUT2D eigenvalue weighted by molar-refractivity contribution is -0.387. The van der Waals surface area contributed by atoms with Crippen LogP contribution < -0.4 is 20.1 Å². The number of aromatic hydroxyl groups is 2. The summed E-state index contributed by atoms with van der Waals surface area (Å²) in [4.78, 5) is 160. The number of nitro benzene ring substituents is 1. The Balaban J connectivity index is 0.762. The number of aliphatic hydroxyl groups is 3. The smallest absolute Gasteiger partial charge is 0.507 e. The molecular weight excluding hydrogens is 1850 g/mol. The maximum Gasteiger partial charge on any atom is 0.509 e. The standard InChI is InChI=1S/C91H117N7O41/c1-7-25-128-85(109)83-81(137-88(111)129-26-8-2)82(138-89(112)130-27-9-3)84(139-90(113)131-28-10-4)86(136-83)134-63-19-18-57(49-62(63)98(115)116)65(135-87(110)93-61-51-71(132-56(5)76(61)104)133-66-53-91(114,67(100)55-99)52-60-73(66)80(108)75-74(78(60)106)77(105)59-15-14-16-64(117-6)72(59)79(75)107)50-58-54-96(95-94-58)24-30-119-32-34-121-36-38-123-40-42-125-44-46-127-48-47-126-45-43-124-41-39-122-37-35-120-33-31-118-29-22-92-68(101)17-12-11-13-23-97-69(102)20-21-70(97)103/h7-10,14-16,18-21,49,54,56,61,65-66,71,76,81-84,86,99,104,106,108,114H,1-4,11-13,17,22-48,50-53,55H2,5-6H3,(H,92,101)(H,93,110)/t56-,61-,65?,66-,71-,76+,81-,82-,83-,84+,86+,91-/m0/s1. The van der Waals surface area contributed by atoms with E-state index in [-0.39, 0.29) is 91.0 Å². The van der Waals surface area contributed by atoms with Gasteiger partial charge in [0.1, 0.15) is 68.1 Å². The molecule has 9 rings (SSSR count). The summed E-state index contributed by atoms with van der Waals surface area (Å²) in [7, 11) is 1.24. The van der Waals surface area contributed by atoms with Crippen molar-refractivity contribution in [2.24, 2.45) is 0 Å². The van der Waals surface area contributed by atoms with Crippen molar-refractivity contribution in [3.63, 3.8) is 0 Å². The molecule has 3 aromatic carbocycles. The van der Waals surface area contributed by atoms with Crippen molar-refractivity contribution in [2.75, 3.05) is 185 Å². The highest BCUT2D eigenvalue weighted by Gasteiger charge is 2.58. The van der Waals surface area contributed by atoms with Crippen molar-refractivity contribution in [3.05, 3.63) is 160 Å². The van der Waals surface area contributed by atoms with Gasteiger partial charge in [0, 0.05) is 86.3 Å². The number of hydrogen-bond acceptors (Lipinski definition) is 43. The van der Waals surface area contributed by atoms with Crippen LogP contribution in [0.15, 0.2) is 105 Å². The van der Waals surface area contributed by atoms with E-state index in [0.717, 1.165) is 48.9 Å². The largest absolute Gasteiger partial charge is 0.509 e. The molecule has 0 bridgehead atoms. The minimum absolute atomic E-state index is 0.0509. The quantitative estimate of drug-likeness (QED) is 0.00423. The van der Waals surface area contributed by atoms with Crippen LogP contribution in [-0.2, 0) is 143 Å². The lowest BCUT2D eigenvalue weighted by atomic mass is 9.72. The second-order valence-electron chi connectivity index (χ2n) is 31.0. The fourth-order valence-corrected chi connectivity index (χ4v) is 14.7. The number of carbonyl (C=O) groups is 11. The molecule has 4 amide bonds. The van der Waals surface area contributed by atoms with Crippen molar-refractivity contribution in [3.8, 4) is 23.0 Å². The number of nitrogens with zero attached hydrogens (tertiary/aromatic N) is 5. The van der Waals surface area contributed by atoms with Gasteiger partial charge >= 0.3 is 36.2 Å². The Morgan fingerprint density at radius 3 is 1.72 bits per heavy atom. The molecule has 48 nitrogen and oxygen atoms in total. The molecule has 2 aliphatic carbocycles. The van der Waals surface area contributed by atoms with Crippen LogP contribution in [0, 0.1) is 10.1 Å². The van der Waals surface area contributed by atoms with Gasteiger partial charge in [0.2, 0.25) is 24.1 Å². The maximum absolute atomic E-state index is 14.7. The van der Waals surface area contributed by atoms with Crippen LogP contribution in [0.5, 0.6) is 23.0 Å². The third-order valence-corrected chi connectivity index (χ3v) is 21.4. The highest BCUT2D eigenvalue weighted by atomic mass is 16.8. The number of nitrogens with one attached hydrogen (secondary N) is 2. The number of alkyl carbamates (subject to hydrolysis) is 1. The van der Waals surface area contributed by atoms with E-state index in [9.17, 15) is 88.4 Å². The second-order valence-corrected chi connectivity index (χ2v) is 31.0. The first kappa shape index (κ1) is 110. The van der Waals surface area contributed by atoms with Crippen LogP contribution in [0.4, 0.5) is 24.9 Å². The molecule has 5 aliphatic rings. The number of methoxy groups -OCH3 is 1.